The van der Waals surface area contributed by atoms with E-state index in [2.05, 4.69) is 20.3 Å². The van der Waals surface area contributed by atoms with Crippen LogP contribution in [0.5, 0.6) is 5.75 Å². The Labute approximate surface area is 296 Å². The van der Waals surface area contributed by atoms with E-state index >= 15 is 4.39 Å². The number of rotatable bonds is 8. The summed E-state index contributed by atoms with van der Waals surface area (Å²) in [5, 5.41) is 7.05. The van der Waals surface area contributed by atoms with E-state index in [0.29, 0.717) is 23.4 Å². The Morgan fingerprint density at radius 3 is 2.58 bits per heavy atom. The van der Waals surface area contributed by atoms with E-state index in [4.69, 9.17) is 33.7 Å². The van der Waals surface area contributed by atoms with Crippen LogP contribution in [0.4, 0.5) is 14.6 Å². The van der Waals surface area contributed by atoms with Crippen LogP contribution < -0.4 is 15.8 Å². The third kappa shape index (κ3) is 6.52. The van der Waals surface area contributed by atoms with E-state index in [-0.39, 0.29) is 52.8 Å². The van der Waals surface area contributed by atoms with Crippen molar-refractivity contribution in [3.05, 3.63) is 92.9 Å². The zero-order chi connectivity index (χ0) is 35.3. The van der Waals surface area contributed by atoms with Crippen molar-refractivity contribution in [2.45, 2.75) is 63.9 Å². The summed E-state index contributed by atoms with van der Waals surface area (Å²) in [6.45, 7) is 3.84. The van der Waals surface area contributed by atoms with Crippen LogP contribution >= 0.6 is 23.2 Å². The summed E-state index contributed by atoms with van der Waals surface area (Å²) in [7, 11) is 0. The van der Waals surface area contributed by atoms with Crippen LogP contribution in [0.15, 0.2) is 48.9 Å². The molecular formula is C35H33Cl2F2N7O4. The van der Waals surface area contributed by atoms with Crippen LogP contribution in [0.2, 0.25) is 10.0 Å². The van der Waals surface area contributed by atoms with E-state index in [1.807, 2.05) is 16.9 Å². The minimum atomic E-state index is -0.793. The van der Waals surface area contributed by atoms with Gasteiger partial charge < -0.3 is 15.4 Å². The summed E-state index contributed by atoms with van der Waals surface area (Å²) in [5.41, 5.74) is 9.27. The van der Waals surface area contributed by atoms with Gasteiger partial charge in [-0.05, 0) is 61.6 Å². The van der Waals surface area contributed by atoms with Gasteiger partial charge in [-0.25, -0.2) is 13.8 Å². The maximum Gasteiger partial charge on any atom is 0.258 e. The maximum atomic E-state index is 15.2. The normalized spacial score (nSPS) is 19.1. The molecule has 7 rings (SSSR count). The lowest BCUT2D eigenvalue weighted by atomic mass is 10.0. The molecule has 0 aliphatic carbocycles. The number of ether oxygens (including phenoxy) is 1. The Bertz CT molecular complexity index is 2020. The van der Waals surface area contributed by atoms with Gasteiger partial charge in [-0.1, -0.05) is 29.3 Å². The summed E-state index contributed by atoms with van der Waals surface area (Å²) >= 11 is 12.5. The van der Waals surface area contributed by atoms with Crippen LogP contribution in [0, 0.1) is 11.6 Å². The molecule has 2 aromatic carbocycles. The van der Waals surface area contributed by atoms with Crippen molar-refractivity contribution in [1.29, 1.82) is 0 Å². The van der Waals surface area contributed by atoms with Crippen molar-refractivity contribution in [2.24, 2.45) is 0 Å². The molecule has 2 unspecified atom stereocenters. The lowest BCUT2D eigenvalue weighted by Gasteiger charge is -2.32. The number of nitrogens with zero attached hydrogens (tertiary/aromatic N) is 5. The van der Waals surface area contributed by atoms with E-state index < -0.39 is 35.6 Å². The average molecular weight is 725 g/mol. The van der Waals surface area contributed by atoms with Gasteiger partial charge in [0.15, 0.2) is 11.6 Å². The zero-order valence-electron chi connectivity index (χ0n) is 27.0. The highest BCUT2D eigenvalue weighted by atomic mass is 35.5. The van der Waals surface area contributed by atoms with E-state index in [1.165, 1.54) is 23.1 Å². The van der Waals surface area contributed by atoms with Crippen molar-refractivity contribution in [3.63, 3.8) is 0 Å². The molecule has 3 aliphatic rings. The van der Waals surface area contributed by atoms with Crippen LogP contribution in [0.1, 0.15) is 71.8 Å². The van der Waals surface area contributed by atoms with Gasteiger partial charge >= 0.3 is 0 Å². The number of nitrogens with two attached hydrogens (primary N) is 1. The fourth-order valence-electron chi connectivity index (χ4n) is 6.97. The lowest BCUT2D eigenvalue weighted by Crippen LogP contribution is -2.52. The SMILES string of the molecule is CC(Oc1cc(-c2cnn(C3CCN(Cc4cc(F)c5c(c4)CN(C4CCC(=O)NC4=O)C5=O)CC3)c2)cnc1N)c1c(Cl)ccc(F)c1Cl. The van der Waals surface area contributed by atoms with Gasteiger partial charge in [-0.3, -0.25) is 29.3 Å². The van der Waals surface area contributed by atoms with Crippen LogP contribution in [-0.4, -0.2) is 61.4 Å². The van der Waals surface area contributed by atoms with Gasteiger partial charge in [-0.15, -0.1) is 0 Å². The third-order valence-corrected chi connectivity index (χ3v) is 10.3. The number of pyridine rings is 1. The highest BCUT2D eigenvalue weighted by Crippen LogP contribution is 2.37. The number of nitrogens with one attached hydrogen (secondary N) is 1. The number of nitrogen functional groups attached to an aromatic ring is 1. The molecule has 260 valence electrons. The fraction of sp³-hybridized carbons (Fsp3) is 0.343. The highest BCUT2D eigenvalue weighted by molar-refractivity contribution is 6.36. The molecule has 0 spiro atoms. The Hall–Kier alpha value is -4.59. The van der Waals surface area contributed by atoms with Crippen LogP contribution in [0.25, 0.3) is 11.1 Å². The average Bonchev–Trinajstić information content (AvgIpc) is 3.70. The predicted octanol–water partition coefficient (Wildman–Crippen LogP) is 5.85. The summed E-state index contributed by atoms with van der Waals surface area (Å²) in [5.74, 6) is -2.17. The molecule has 11 nitrogen and oxygen atoms in total. The minimum absolute atomic E-state index is 0.00322. The fourth-order valence-corrected chi connectivity index (χ4v) is 7.65. The van der Waals surface area contributed by atoms with Crippen molar-refractivity contribution >= 4 is 46.7 Å². The molecule has 2 aromatic heterocycles. The monoisotopic (exact) mass is 723 g/mol. The lowest BCUT2D eigenvalue weighted by molar-refractivity contribution is -0.136. The molecule has 4 aromatic rings. The summed E-state index contributed by atoms with van der Waals surface area (Å²) in [4.78, 5) is 44.9. The van der Waals surface area contributed by atoms with E-state index in [1.54, 1.807) is 25.4 Å². The molecule has 2 atom stereocenters. The third-order valence-electron chi connectivity index (χ3n) is 9.58. The number of amides is 3. The number of benzene rings is 2. The molecular weight excluding hydrogens is 691 g/mol. The first-order valence-electron chi connectivity index (χ1n) is 16.2. The molecule has 0 bridgehead atoms. The van der Waals surface area contributed by atoms with Gasteiger partial charge in [0.05, 0.1) is 22.8 Å². The van der Waals surface area contributed by atoms with Crippen molar-refractivity contribution in [3.8, 4) is 16.9 Å². The second-order valence-corrected chi connectivity index (χ2v) is 13.6. The minimum Gasteiger partial charge on any atom is -0.482 e. The molecule has 2 saturated heterocycles. The first kappa shape index (κ1) is 33.9. The quantitative estimate of drug-likeness (QED) is 0.171. The van der Waals surface area contributed by atoms with Gasteiger partial charge in [0.1, 0.15) is 23.8 Å². The number of piperidine rings is 2. The van der Waals surface area contributed by atoms with Crippen molar-refractivity contribution in [1.82, 2.24) is 29.9 Å². The number of carbonyl (C=O) groups is 3. The largest absolute Gasteiger partial charge is 0.482 e. The molecule has 15 heteroatoms. The summed E-state index contributed by atoms with van der Waals surface area (Å²) in [6.07, 6.45) is 6.62. The molecule has 0 saturated carbocycles. The number of aromatic nitrogens is 3. The second kappa shape index (κ2) is 13.6. The molecule has 2 fully saturated rings. The second-order valence-electron chi connectivity index (χ2n) is 12.9. The van der Waals surface area contributed by atoms with Crippen LogP contribution in [0.3, 0.4) is 0 Å². The summed E-state index contributed by atoms with van der Waals surface area (Å²) < 4.78 is 37.3. The molecule has 3 N–H and O–H groups in total. The van der Waals surface area contributed by atoms with E-state index in [9.17, 15) is 18.8 Å². The smallest absolute Gasteiger partial charge is 0.258 e. The molecule has 3 amide bonds. The predicted molar refractivity (Wildman–Crippen MR) is 181 cm³/mol. The molecule has 3 aliphatic heterocycles. The number of halogens is 4. The first-order chi connectivity index (χ1) is 24.0. The maximum absolute atomic E-state index is 15.2. The molecule has 5 heterocycles. The first-order valence-corrected chi connectivity index (χ1v) is 17.0. The number of hydrogen-bond acceptors (Lipinski definition) is 8. The number of fused-ring (bicyclic) bond motifs is 1. The highest BCUT2D eigenvalue weighted by Gasteiger charge is 2.40. The van der Waals surface area contributed by atoms with Crippen molar-refractivity contribution < 1.29 is 27.9 Å². The van der Waals surface area contributed by atoms with Gasteiger partial charge in [0.2, 0.25) is 11.8 Å². The summed E-state index contributed by atoms with van der Waals surface area (Å²) in [6, 6.07) is 6.96. The number of carbonyl (C=O) groups excluding carboxylic acids is 3. The number of hydrogen-bond donors (Lipinski definition) is 2. The van der Waals surface area contributed by atoms with Gasteiger partial charge in [0, 0.05) is 66.7 Å². The standard InChI is InChI=1S/C35H33Cl2F2N7O4/c1-18(30-24(36)2-3-25(38)32(30)37)50-28-12-20(13-41-33(28)40)22-14-42-46(17-22)23-6-8-44(9-7-23)15-19-10-21-16-45(35(49)31(21)26(39)11-19)27-4-5-29(47)43-34(27)48/h2-3,10-14,17-18,23,27H,4-9,15-16H2,1H3,(H2,40,41)(H,43,47,48). The van der Waals surface area contributed by atoms with Crippen molar-refractivity contribution in [2.75, 3.05) is 18.8 Å². The molecule has 0 radical (unpaired) electrons. The number of likely N-dealkylation sites (tertiary alicyclic amines) is 1. The number of anilines is 1. The van der Waals surface area contributed by atoms with Gasteiger partial charge in [0.25, 0.3) is 5.91 Å². The molecule has 50 heavy (non-hydrogen) atoms. The number of imide groups is 1. The van der Waals surface area contributed by atoms with Gasteiger partial charge in [-0.2, -0.15) is 5.10 Å². The van der Waals surface area contributed by atoms with Crippen LogP contribution in [-0.2, 0) is 22.7 Å². The Morgan fingerprint density at radius 1 is 1.04 bits per heavy atom. The Balaban J connectivity index is 0.977. The van der Waals surface area contributed by atoms with E-state index in [0.717, 1.165) is 42.6 Å². The Kier molecular flexibility index (Phi) is 9.22. The topological polar surface area (TPSA) is 136 Å². The zero-order valence-corrected chi connectivity index (χ0v) is 28.5. The Morgan fingerprint density at radius 2 is 1.82 bits per heavy atom.